The minimum atomic E-state index is -4.08. The third-order valence-corrected chi connectivity index (χ3v) is 6.14. The molecule has 3 N–H and O–H groups in total. The Morgan fingerprint density at radius 1 is 0.971 bits per heavy atom. The Morgan fingerprint density at radius 3 is 2.29 bits per heavy atom. The van der Waals surface area contributed by atoms with Crippen LogP contribution in [0.4, 0.5) is 11.4 Å². The largest absolute Gasteiger partial charge is 0.484 e. The van der Waals surface area contributed by atoms with Gasteiger partial charge in [0.15, 0.2) is 6.61 Å². The van der Waals surface area contributed by atoms with Crippen molar-refractivity contribution < 1.29 is 27.7 Å². The molecular weight excluding hydrogens is 532 g/mol. The number of nitro groups is 1. The molecular formula is C21H17BrN4O7S. The van der Waals surface area contributed by atoms with Crippen molar-refractivity contribution in [2.45, 2.75) is 4.90 Å². The summed E-state index contributed by atoms with van der Waals surface area (Å²) in [5.41, 5.74) is 4.36. The molecule has 0 aliphatic rings. The number of carbonyl (C=O) groups is 2. The second-order valence-corrected chi connectivity index (χ2v) is 9.28. The number of halogens is 1. The van der Waals surface area contributed by atoms with Gasteiger partial charge in [-0.25, -0.2) is 8.42 Å². The molecule has 0 aliphatic heterocycles. The third kappa shape index (κ3) is 6.76. The summed E-state index contributed by atoms with van der Waals surface area (Å²) >= 11 is 3.29. The van der Waals surface area contributed by atoms with Crippen LogP contribution in [0.1, 0.15) is 10.4 Å². The van der Waals surface area contributed by atoms with E-state index in [9.17, 15) is 28.1 Å². The Balaban J connectivity index is 1.53. The van der Waals surface area contributed by atoms with Crippen molar-refractivity contribution in [2.24, 2.45) is 0 Å². The molecule has 0 aliphatic carbocycles. The third-order valence-electron chi connectivity index (χ3n) is 4.24. The van der Waals surface area contributed by atoms with Gasteiger partial charge in [-0.2, -0.15) is 0 Å². The van der Waals surface area contributed by atoms with Crippen LogP contribution in [0.2, 0.25) is 0 Å². The van der Waals surface area contributed by atoms with Crippen molar-refractivity contribution in [1.29, 1.82) is 0 Å². The SMILES string of the molecule is O=C(COc1ccc(Br)cc1)NNC(=O)c1ccc(NS(=O)(=O)c2cccc([N+](=O)[O-])c2)cc1. The number of sulfonamides is 1. The zero-order valence-corrected chi connectivity index (χ0v) is 19.6. The van der Waals surface area contributed by atoms with Crippen molar-refractivity contribution in [3.63, 3.8) is 0 Å². The Morgan fingerprint density at radius 2 is 1.65 bits per heavy atom. The van der Waals surface area contributed by atoms with E-state index < -0.39 is 26.8 Å². The topological polar surface area (TPSA) is 157 Å². The Labute approximate surface area is 202 Å². The zero-order valence-electron chi connectivity index (χ0n) is 17.2. The predicted octanol–water partition coefficient (Wildman–Crippen LogP) is 3.00. The number of hydrazine groups is 1. The molecule has 0 radical (unpaired) electrons. The highest BCUT2D eigenvalue weighted by Crippen LogP contribution is 2.21. The fourth-order valence-corrected chi connectivity index (χ4v) is 3.94. The second kappa shape index (κ2) is 10.8. The molecule has 3 rings (SSSR count). The molecule has 0 heterocycles. The van der Waals surface area contributed by atoms with Crippen LogP contribution in [0, 0.1) is 10.1 Å². The normalized spacial score (nSPS) is 10.7. The summed E-state index contributed by atoms with van der Waals surface area (Å²) in [6, 6.07) is 16.8. The number of rotatable bonds is 8. The number of anilines is 1. The Bertz CT molecular complexity index is 1310. The van der Waals surface area contributed by atoms with Gasteiger partial charge >= 0.3 is 0 Å². The molecule has 34 heavy (non-hydrogen) atoms. The maximum atomic E-state index is 12.5. The number of nitrogens with zero attached hydrogens (tertiary/aromatic N) is 1. The molecule has 176 valence electrons. The van der Waals surface area contributed by atoms with Gasteiger partial charge in [0, 0.05) is 27.9 Å². The summed E-state index contributed by atoms with van der Waals surface area (Å²) in [6.07, 6.45) is 0. The summed E-state index contributed by atoms with van der Waals surface area (Å²) in [7, 11) is -4.08. The van der Waals surface area contributed by atoms with Crippen LogP contribution in [0.3, 0.4) is 0 Å². The van der Waals surface area contributed by atoms with E-state index in [-0.39, 0.29) is 28.4 Å². The maximum absolute atomic E-state index is 12.5. The number of amides is 2. The highest BCUT2D eigenvalue weighted by atomic mass is 79.9. The molecule has 3 aromatic rings. The average Bonchev–Trinajstić information content (AvgIpc) is 2.82. The molecule has 0 unspecified atom stereocenters. The van der Waals surface area contributed by atoms with Gasteiger partial charge in [-0.1, -0.05) is 22.0 Å². The van der Waals surface area contributed by atoms with E-state index in [1.807, 2.05) is 0 Å². The van der Waals surface area contributed by atoms with E-state index in [0.717, 1.165) is 10.5 Å². The molecule has 0 saturated heterocycles. The molecule has 0 bridgehead atoms. The number of hydrogen-bond acceptors (Lipinski definition) is 7. The van der Waals surface area contributed by atoms with Crippen LogP contribution in [0.5, 0.6) is 5.75 Å². The first-order valence-corrected chi connectivity index (χ1v) is 11.8. The van der Waals surface area contributed by atoms with Crippen molar-refractivity contribution in [3.05, 3.63) is 92.9 Å². The highest BCUT2D eigenvalue weighted by molar-refractivity contribution is 9.10. The molecule has 3 aromatic carbocycles. The number of non-ortho nitro benzene ring substituents is 1. The maximum Gasteiger partial charge on any atom is 0.276 e. The Kier molecular flexibility index (Phi) is 7.81. The molecule has 0 spiro atoms. The van der Waals surface area contributed by atoms with Gasteiger partial charge in [-0.05, 0) is 54.6 Å². The minimum absolute atomic E-state index is 0.134. The van der Waals surface area contributed by atoms with Crippen molar-refractivity contribution in [2.75, 3.05) is 11.3 Å². The molecule has 0 aromatic heterocycles. The van der Waals surface area contributed by atoms with Crippen LogP contribution in [-0.2, 0) is 14.8 Å². The molecule has 0 atom stereocenters. The van der Waals surface area contributed by atoms with Gasteiger partial charge in [0.2, 0.25) is 0 Å². The number of ether oxygens (including phenoxy) is 1. The van der Waals surface area contributed by atoms with Gasteiger partial charge in [-0.3, -0.25) is 35.3 Å². The fraction of sp³-hybridized carbons (Fsp3) is 0.0476. The molecule has 13 heteroatoms. The van der Waals surface area contributed by atoms with Gasteiger partial charge in [0.1, 0.15) is 5.75 Å². The molecule has 2 amide bonds. The first kappa shape index (κ1) is 24.7. The quantitative estimate of drug-likeness (QED) is 0.288. The second-order valence-electron chi connectivity index (χ2n) is 6.68. The summed E-state index contributed by atoms with van der Waals surface area (Å²) in [6.45, 7) is -0.319. The van der Waals surface area contributed by atoms with Crippen LogP contribution in [-0.4, -0.2) is 31.8 Å². The van der Waals surface area contributed by atoms with E-state index in [2.05, 4.69) is 31.5 Å². The number of benzene rings is 3. The molecule has 0 saturated carbocycles. The standard InChI is InChI=1S/C21H17BrN4O7S/c22-15-6-10-18(11-7-15)33-13-20(27)23-24-21(28)14-4-8-16(9-5-14)25-34(31,32)19-3-1-2-17(12-19)26(29)30/h1-12,25H,13H2,(H,23,27)(H,24,28). The first-order valence-electron chi connectivity index (χ1n) is 9.49. The van der Waals surface area contributed by atoms with Crippen molar-refractivity contribution in [3.8, 4) is 5.75 Å². The fourth-order valence-electron chi connectivity index (χ4n) is 2.58. The van der Waals surface area contributed by atoms with Crippen LogP contribution in [0.15, 0.2) is 82.2 Å². The van der Waals surface area contributed by atoms with Crippen molar-refractivity contribution >= 4 is 49.1 Å². The van der Waals surface area contributed by atoms with Gasteiger partial charge in [0.05, 0.1) is 9.82 Å². The van der Waals surface area contributed by atoms with Crippen LogP contribution in [0.25, 0.3) is 0 Å². The monoisotopic (exact) mass is 548 g/mol. The van der Waals surface area contributed by atoms with Gasteiger partial charge < -0.3 is 4.74 Å². The number of carbonyl (C=O) groups excluding carboxylic acids is 2. The van der Waals surface area contributed by atoms with Crippen LogP contribution >= 0.6 is 15.9 Å². The summed E-state index contributed by atoms with van der Waals surface area (Å²) in [5, 5.41) is 10.9. The van der Waals surface area contributed by atoms with Crippen LogP contribution < -0.4 is 20.3 Å². The summed E-state index contributed by atoms with van der Waals surface area (Å²) in [5.74, 6) is -0.740. The number of nitro benzene ring substituents is 1. The average molecular weight is 549 g/mol. The summed E-state index contributed by atoms with van der Waals surface area (Å²) in [4.78, 5) is 33.9. The first-order chi connectivity index (χ1) is 16.1. The van der Waals surface area contributed by atoms with E-state index >= 15 is 0 Å². The predicted molar refractivity (Wildman–Crippen MR) is 126 cm³/mol. The lowest BCUT2D eigenvalue weighted by Crippen LogP contribution is -2.43. The molecule has 0 fully saturated rings. The van der Waals surface area contributed by atoms with E-state index in [1.165, 1.54) is 42.5 Å². The zero-order chi connectivity index (χ0) is 24.7. The van der Waals surface area contributed by atoms with E-state index in [0.29, 0.717) is 5.75 Å². The smallest absolute Gasteiger partial charge is 0.276 e. The molecule has 11 nitrogen and oxygen atoms in total. The number of hydrogen-bond donors (Lipinski definition) is 3. The lowest BCUT2D eigenvalue weighted by atomic mass is 10.2. The van der Waals surface area contributed by atoms with Crippen molar-refractivity contribution in [1.82, 2.24) is 10.9 Å². The lowest BCUT2D eigenvalue weighted by Gasteiger charge is -2.10. The van der Waals surface area contributed by atoms with E-state index in [4.69, 9.17) is 4.74 Å². The Hall–Kier alpha value is -3.97. The minimum Gasteiger partial charge on any atom is -0.484 e. The summed E-state index contributed by atoms with van der Waals surface area (Å²) < 4.78 is 33.4. The van der Waals surface area contributed by atoms with E-state index in [1.54, 1.807) is 24.3 Å². The number of nitrogens with one attached hydrogen (secondary N) is 3. The lowest BCUT2D eigenvalue weighted by molar-refractivity contribution is -0.385. The highest BCUT2D eigenvalue weighted by Gasteiger charge is 2.18. The van der Waals surface area contributed by atoms with Gasteiger partial charge in [0.25, 0.3) is 27.5 Å². The van der Waals surface area contributed by atoms with Gasteiger partial charge in [-0.15, -0.1) is 0 Å².